The molecule has 5 heteroatoms. The number of alkyl halides is 3. The maximum atomic E-state index is 12.5. The average molecular weight is 273 g/mol. The third-order valence-electron chi connectivity index (χ3n) is 2.65. The highest BCUT2D eigenvalue weighted by atomic mass is 19.4. The fourth-order valence-electron chi connectivity index (χ4n) is 1.65. The quantitative estimate of drug-likeness (QED) is 0.633. The van der Waals surface area contributed by atoms with E-state index in [4.69, 9.17) is 0 Å². The Balaban J connectivity index is 2.58. The Morgan fingerprint density at radius 3 is 2.58 bits per heavy atom. The van der Waals surface area contributed by atoms with E-state index in [1.807, 2.05) is 13.8 Å². The molecule has 0 aromatic heterocycles. The zero-order chi connectivity index (χ0) is 14.5. The fourth-order valence-corrected chi connectivity index (χ4v) is 1.65. The maximum Gasteiger partial charge on any atom is 0.416 e. The second kappa shape index (κ2) is 6.70. The molecule has 0 aliphatic heterocycles. The van der Waals surface area contributed by atoms with Gasteiger partial charge in [-0.1, -0.05) is 26.0 Å². The van der Waals surface area contributed by atoms with E-state index < -0.39 is 11.7 Å². The van der Waals surface area contributed by atoms with Crippen LogP contribution in [0.4, 0.5) is 13.2 Å². The number of hydrogen-bond acceptors (Lipinski definition) is 2. The van der Waals surface area contributed by atoms with Gasteiger partial charge in [0.15, 0.2) is 5.78 Å². The molecule has 19 heavy (non-hydrogen) atoms. The molecular formula is C14H18F3NO. The number of nitrogens with one attached hydrogen (secondary N) is 1. The number of ketones is 1. The first-order valence-corrected chi connectivity index (χ1v) is 6.24. The molecule has 0 unspecified atom stereocenters. The predicted octanol–water partition coefficient (Wildman–Crippen LogP) is 3.67. The van der Waals surface area contributed by atoms with Crippen LogP contribution in [0, 0.1) is 0 Å². The summed E-state index contributed by atoms with van der Waals surface area (Å²) in [5.41, 5.74) is -0.655. The zero-order valence-corrected chi connectivity index (χ0v) is 11.1. The van der Waals surface area contributed by atoms with E-state index in [1.54, 1.807) is 0 Å². The molecule has 0 fully saturated rings. The summed E-state index contributed by atoms with van der Waals surface area (Å²) in [5, 5.41) is 3.16. The van der Waals surface area contributed by atoms with Crippen LogP contribution < -0.4 is 5.32 Å². The van der Waals surface area contributed by atoms with Crippen molar-refractivity contribution in [3.63, 3.8) is 0 Å². The number of hydrogen-bond donors (Lipinski definition) is 1. The van der Waals surface area contributed by atoms with Crippen molar-refractivity contribution in [1.29, 1.82) is 0 Å². The van der Waals surface area contributed by atoms with Crippen LogP contribution in [0.2, 0.25) is 0 Å². The minimum Gasteiger partial charge on any atom is -0.315 e. The van der Waals surface area contributed by atoms with Crippen LogP contribution in [0.5, 0.6) is 0 Å². The summed E-state index contributed by atoms with van der Waals surface area (Å²) in [6.07, 6.45) is -3.54. The van der Waals surface area contributed by atoms with E-state index in [0.29, 0.717) is 19.0 Å². The number of rotatable bonds is 6. The highest BCUT2D eigenvalue weighted by Crippen LogP contribution is 2.29. The lowest BCUT2D eigenvalue weighted by molar-refractivity contribution is -0.137. The Hall–Kier alpha value is -1.36. The molecule has 1 rings (SSSR count). The van der Waals surface area contributed by atoms with Gasteiger partial charge in [0.25, 0.3) is 0 Å². The highest BCUT2D eigenvalue weighted by Gasteiger charge is 2.30. The van der Waals surface area contributed by atoms with E-state index in [1.165, 1.54) is 12.1 Å². The SMILES string of the molecule is CC(C)NCCCC(=O)c1cccc(C(F)(F)F)c1. The van der Waals surface area contributed by atoms with Crippen LogP contribution in [-0.2, 0) is 6.18 Å². The Morgan fingerprint density at radius 1 is 1.32 bits per heavy atom. The van der Waals surface area contributed by atoms with Gasteiger partial charge in [-0.2, -0.15) is 13.2 Å². The van der Waals surface area contributed by atoms with Crippen molar-refractivity contribution in [1.82, 2.24) is 5.32 Å². The lowest BCUT2D eigenvalue weighted by atomic mass is 10.0. The summed E-state index contributed by atoms with van der Waals surface area (Å²) in [4.78, 5) is 11.8. The first-order chi connectivity index (χ1) is 8.80. The van der Waals surface area contributed by atoms with Gasteiger partial charge in [0.2, 0.25) is 0 Å². The van der Waals surface area contributed by atoms with Crippen molar-refractivity contribution in [3.8, 4) is 0 Å². The summed E-state index contributed by atoms with van der Waals surface area (Å²) in [6, 6.07) is 4.91. The van der Waals surface area contributed by atoms with Crippen LogP contribution in [0.3, 0.4) is 0 Å². The Labute approximate surface area is 111 Å². The molecule has 106 valence electrons. The minimum absolute atomic E-state index is 0.124. The van der Waals surface area contributed by atoms with Gasteiger partial charge < -0.3 is 5.32 Å². The molecule has 0 saturated carbocycles. The van der Waals surface area contributed by atoms with Crippen molar-refractivity contribution >= 4 is 5.78 Å². The molecule has 0 aliphatic rings. The normalized spacial score (nSPS) is 11.9. The number of Topliss-reactive ketones (excluding diaryl/α,β-unsaturated/α-hetero) is 1. The molecule has 0 atom stereocenters. The van der Waals surface area contributed by atoms with Gasteiger partial charge in [-0.3, -0.25) is 4.79 Å². The molecule has 0 radical (unpaired) electrons. The minimum atomic E-state index is -4.41. The van der Waals surface area contributed by atoms with Crippen LogP contribution in [-0.4, -0.2) is 18.4 Å². The summed E-state index contributed by atoms with van der Waals surface area (Å²) in [6.45, 7) is 4.67. The van der Waals surface area contributed by atoms with Gasteiger partial charge in [0, 0.05) is 18.0 Å². The van der Waals surface area contributed by atoms with E-state index in [-0.39, 0.29) is 17.8 Å². The summed E-state index contributed by atoms with van der Waals surface area (Å²) >= 11 is 0. The van der Waals surface area contributed by atoms with Crippen molar-refractivity contribution < 1.29 is 18.0 Å². The molecule has 0 saturated heterocycles. The summed E-state index contributed by atoms with van der Waals surface area (Å²) < 4.78 is 37.5. The maximum absolute atomic E-state index is 12.5. The predicted molar refractivity (Wildman–Crippen MR) is 68.1 cm³/mol. The zero-order valence-electron chi connectivity index (χ0n) is 11.1. The van der Waals surface area contributed by atoms with Gasteiger partial charge in [-0.05, 0) is 25.1 Å². The second-order valence-electron chi connectivity index (χ2n) is 4.71. The monoisotopic (exact) mass is 273 g/mol. The van der Waals surface area contributed by atoms with Crippen molar-refractivity contribution in [2.45, 2.75) is 38.9 Å². The summed E-state index contributed by atoms with van der Waals surface area (Å²) in [7, 11) is 0. The van der Waals surface area contributed by atoms with Gasteiger partial charge in [0.1, 0.15) is 0 Å². The fraction of sp³-hybridized carbons (Fsp3) is 0.500. The number of carbonyl (C=O) groups excluding carboxylic acids is 1. The van der Waals surface area contributed by atoms with Crippen molar-refractivity contribution in [2.75, 3.05) is 6.54 Å². The lowest BCUT2D eigenvalue weighted by Gasteiger charge is -2.09. The van der Waals surface area contributed by atoms with Gasteiger partial charge in [0.05, 0.1) is 5.56 Å². The third kappa shape index (κ3) is 5.42. The molecule has 0 amide bonds. The smallest absolute Gasteiger partial charge is 0.315 e. The topological polar surface area (TPSA) is 29.1 Å². The Bertz CT molecular complexity index is 427. The van der Waals surface area contributed by atoms with Crippen LogP contribution in [0.25, 0.3) is 0 Å². The highest BCUT2D eigenvalue weighted by molar-refractivity contribution is 5.96. The molecular weight excluding hydrogens is 255 g/mol. The standard InChI is InChI=1S/C14H18F3NO/c1-10(2)18-8-4-7-13(19)11-5-3-6-12(9-11)14(15,16)17/h3,5-6,9-10,18H,4,7-8H2,1-2H3. The van der Waals surface area contributed by atoms with Crippen molar-refractivity contribution in [3.05, 3.63) is 35.4 Å². The number of carbonyl (C=O) groups is 1. The molecule has 1 N–H and O–H groups in total. The van der Waals surface area contributed by atoms with E-state index >= 15 is 0 Å². The van der Waals surface area contributed by atoms with Crippen molar-refractivity contribution in [2.24, 2.45) is 0 Å². The van der Waals surface area contributed by atoms with Gasteiger partial charge in [-0.25, -0.2) is 0 Å². The molecule has 0 spiro atoms. The van der Waals surface area contributed by atoms with Gasteiger partial charge in [-0.15, -0.1) is 0 Å². The molecule has 0 heterocycles. The molecule has 1 aromatic carbocycles. The van der Waals surface area contributed by atoms with E-state index in [2.05, 4.69) is 5.32 Å². The second-order valence-corrected chi connectivity index (χ2v) is 4.71. The molecule has 0 aliphatic carbocycles. The summed E-state index contributed by atoms with van der Waals surface area (Å²) in [5.74, 6) is -0.253. The van der Waals surface area contributed by atoms with Crippen LogP contribution in [0.1, 0.15) is 42.6 Å². The first-order valence-electron chi connectivity index (χ1n) is 6.24. The molecule has 0 bridgehead atoms. The molecule has 1 aromatic rings. The largest absolute Gasteiger partial charge is 0.416 e. The lowest BCUT2D eigenvalue weighted by Crippen LogP contribution is -2.24. The Morgan fingerprint density at radius 2 is 2.00 bits per heavy atom. The van der Waals surface area contributed by atoms with Crippen LogP contribution in [0.15, 0.2) is 24.3 Å². The van der Waals surface area contributed by atoms with Gasteiger partial charge >= 0.3 is 6.18 Å². The number of benzene rings is 1. The average Bonchev–Trinajstić information content (AvgIpc) is 2.33. The first kappa shape index (κ1) is 15.7. The van der Waals surface area contributed by atoms with E-state index in [9.17, 15) is 18.0 Å². The number of halogens is 3. The molecule has 2 nitrogen and oxygen atoms in total. The Kier molecular flexibility index (Phi) is 5.54. The van der Waals surface area contributed by atoms with E-state index in [0.717, 1.165) is 12.1 Å². The third-order valence-corrected chi connectivity index (χ3v) is 2.65. The van der Waals surface area contributed by atoms with Crippen LogP contribution >= 0.6 is 0 Å².